The van der Waals surface area contributed by atoms with E-state index in [0.29, 0.717) is 61.1 Å². The molecule has 0 N–H and O–H groups in total. The van der Waals surface area contributed by atoms with Crippen LogP contribution in [0.3, 0.4) is 0 Å². The van der Waals surface area contributed by atoms with E-state index >= 15 is 0 Å². The molecular formula is C25H29Cl2N3O3S. The molecule has 0 saturated carbocycles. The van der Waals surface area contributed by atoms with E-state index in [1.54, 1.807) is 17.9 Å². The number of nitrogens with zero attached hydrogens (tertiary/aromatic N) is 3. The van der Waals surface area contributed by atoms with Crippen molar-refractivity contribution < 1.29 is 14.4 Å². The summed E-state index contributed by atoms with van der Waals surface area (Å²) in [6, 6.07) is 7.32. The van der Waals surface area contributed by atoms with E-state index in [-0.39, 0.29) is 35.6 Å². The Kier molecular flexibility index (Phi) is 7.85. The summed E-state index contributed by atoms with van der Waals surface area (Å²) in [6.45, 7) is 3.92. The topological polar surface area (TPSA) is 60.9 Å². The van der Waals surface area contributed by atoms with Gasteiger partial charge in [-0.15, -0.1) is 0 Å². The molecule has 0 radical (unpaired) electrons. The number of likely N-dealkylation sites (tertiary alicyclic amines) is 2. The number of halogens is 2. The van der Waals surface area contributed by atoms with Crippen LogP contribution >= 0.6 is 34.5 Å². The zero-order valence-electron chi connectivity index (χ0n) is 19.4. The summed E-state index contributed by atoms with van der Waals surface area (Å²) in [5.41, 5.74) is 1.64. The molecule has 0 unspecified atom stereocenters. The summed E-state index contributed by atoms with van der Waals surface area (Å²) in [5.74, 6) is 0.0140. The van der Waals surface area contributed by atoms with Gasteiger partial charge in [0.2, 0.25) is 11.8 Å². The van der Waals surface area contributed by atoms with E-state index in [0.717, 1.165) is 5.56 Å². The largest absolute Gasteiger partial charge is 0.343 e. The lowest BCUT2D eigenvalue weighted by atomic mass is 9.83. The van der Waals surface area contributed by atoms with Crippen molar-refractivity contribution in [3.8, 4) is 0 Å². The van der Waals surface area contributed by atoms with Gasteiger partial charge in [-0.05, 0) is 48.4 Å². The molecular weight excluding hydrogens is 493 g/mol. The third-order valence-corrected chi connectivity index (χ3v) is 8.56. The Hall–Kier alpha value is -2.09. The molecule has 6 nitrogen and oxygen atoms in total. The first-order valence-corrected chi connectivity index (χ1v) is 13.2. The number of hydrogen-bond donors (Lipinski definition) is 0. The minimum Gasteiger partial charge on any atom is -0.343 e. The van der Waals surface area contributed by atoms with Crippen LogP contribution in [0.25, 0.3) is 0 Å². The van der Waals surface area contributed by atoms with Gasteiger partial charge in [-0.1, -0.05) is 29.3 Å². The molecule has 3 heterocycles. The van der Waals surface area contributed by atoms with Gasteiger partial charge in [0.25, 0.3) is 5.91 Å². The average molecular weight is 522 g/mol. The number of benzene rings is 1. The van der Waals surface area contributed by atoms with Gasteiger partial charge in [0, 0.05) is 63.4 Å². The highest BCUT2D eigenvalue weighted by Crippen LogP contribution is 2.35. The molecule has 1 aromatic carbocycles. The normalized spacial score (nSPS) is 21.4. The Labute approximate surface area is 214 Å². The van der Waals surface area contributed by atoms with Crippen LogP contribution in [0.2, 0.25) is 10.0 Å². The minimum absolute atomic E-state index is 0.0207. The van der Waals surface area contributed by atoms with E-state index < -0.39 is 0 Å². The quantitative estimate of drug-likeness (QED) is 0.582. The van der Waals surface area contributed by atoms with E-state index in [1.807, 2.05) is 45.8 Å². The number of piperidine rings is 2. The zero-order valence-corrected chi connectivity index (χ0v) is 21.7. The zero-order chi connectivity index (χ0) is 24.4. The predicted molar refractivity (Wildman–Crippen MR) is 136 cm³/mol. The first-order chi connectivity index (χ1) is 16.3. The molecule has 2 saturated heterocycles. The molecule has 2 aliphatic heterocycles. The molecule has 182 valence electrons. The van der Waals surface area contributed by atoms with Crippen molar-refractivity contribution in [2.24, 2.45) is 5.92 Å². The molecule has 4 rings (SSSR count). The highest BCUT2D eigenvalue weighted by molar-refractivity contribution is 7.08. The highest BCUT2D eigenvalue weighted by Gasteiger charge is 2.39. The van der Waals surface area contributed by atoms with Gasteiger partial charge in [-0.2, -0.15) is 11.3 Å². The summed E-state index contributed by atoms with van der Waals surface area (Å²) < 4.78 is 0. The number of thiophene rings is 1. The maximum atomic E-state index is 13.4. The Bertz CT molecular complexity index is 1050. The second kappa shape index (κ2) is 10.7. The molecule has 2 atom stereocenters. The summed E-state index contributed by atoms with van der Waals surface area (Å²) >= 11 is 14.0. The first kappa shape index (κ1) is 25.0. The predicted octanol–water partition coefficient (Wildman–Crippen LogP) is 4.77. The molecule has 3 amide bonds. The van der Waals surface area contributed by atoms with E-state index in [9.17, 15) is 14.4 Å². The number of likely N-dealkylation sites (N-methyl/N-ethyl adjacent to an activating group) is 1. The molecule has 2 fully saturated rings. The van der Waals surface area contributed by atoms with Gasteiger partial charge < -0.3 is 14.7 Å². The van der Waals surface area contributed by atoms with Gasteiger partial charge in [0.15, 0.2) is 0 Å². The minimum atomic E-state index is -0.0858. The molecule has 0 bridgehead atoms. The van der Waals surface area contributed by atoms with E-state index in [4.69, 9.17) is 23.2 Å². The second-order valence-corrected chi connectivity index (χ2v) is 10.7. The van der Waals surface area contributed by atoms with Gasteiger partial charge in [0.1, 0.15) is 0 Å². The Balaban J connectivity index is 1.54. The van der Waals surface area contributed by atoms with Crippen molar-refractivity contribution in [1.82, 2.24) is 14.7 Å². The third kappa shape index (κ3) is 5.26. The summed E-state index contributed by atoms with van der Waals surface area (Å²) in [7, 11) is 1.84. The lowest BCUT2D eigenvalue weighted by Crippen LogP contribution is -2.53. The molecule has 1 aromatic heterocycles. The van der Waals surface area contributed by atoms with Crippen LogP contribution in [0.5, 0.6) is 0 Å². The molecule has 2 aliphatic rings. The van der Waals surface area contributed by atoms with Gasteiger partial charge in [-0.25, -0.2) is 0 Å². The fourth-order valence-electron chi connectivity index (χ4n) is 5.11. The van der Waals surface area contributed by atoms with Crippen LogP contribution < -0.4 is 0 Å². The van der Waals surface area contributed by atoms with E-state index in [2.05, 4.69) is 0 Å². The number of rotatable bonds is 4. The van der Waals surface area contributed by atoms with Crippen LogP contribution in [0, 0.1) is 5.92 Å². The van der Waals surface area contributed by atoms with Crippen LogP contribution in [0.15, 0.2) is 35.0 Å². The first-order valence-electron chi connectivity index (χ1n) is 11.5. The van der Waals surface area contributed by atoms with Crippen LogP contribution in [-0.2, 0) is 9.59 Å². The average Bonchev–Trinajstić information content (AvgIpc) is 3.39. The van der Waals surface area contributed by atoms with Crippen molar-refractivity contribution in [3.63, 3.8) is 0 Å². The van der Waals surface area contributed by atoms with Crippen LogP contribution in [-0.4, -0.2) is 71.7 Å². The van der Waals surface area contributed by atoms with Crippen molar-refractivity contribution in [1.29, 1.82) is 0 Å². The molecule has 9 heteroatoms. The summed E-state index contributed by atoms with van der Waals surface area (Å²) in [4.78, 5) is 43.7. The summed E-state index contributed by atoms with van der Waals surface area (Å²) in [6.07, 6.45) is 2.05. The third-order valence-electron chi connectivity index (χ3n) is 7.14. The standard InChI is InChI=1S/C25H29Cl2N3O3S/c1-16(31)29-9-5-17(6-10-29)25(33)30-11-7-23(28(2)24(32)19-8-12-34-15-19)20(14-30)18-3-4-21(26)22(27)13-18/h3-4,8,12-13,15,17,20,23H,5-7,9-11,14H2,1-2H3/t20-,23+/m0/s1. The maximum absolute atomic E-state index is 13.4. The molecule has 0 aliphatic carbocycles. The van der Waals surface area contributed by atoms with Crippen molar-refractivity contribution >= 4 is 52.3 Å². The van der Waals surface area contributed by atoms with Crippen LogP contribution in [0.4, 0.5) is 0 Å². The number of hydrogen-bond acceptors (Lipinski definition) is 4. The SMILES string of the molecule is CC(=O)N1CCC(C(=O)N2CC[C@@H](N(C)C(=O)c3ccsc3)[C@H](c3ccc(Cl)c(Cl)c3)C2)CC1. The fourth-order valence-corrected chi connectivity index (χ4v) is 6.05. The smallest absolute Gasteiger partial charge is 0.254 e. The fraction of sp³-hybridized carbons (Fsp3) is 0.480. The maximum Gasteiger partial charge on any atom is 0.254 e. The Morgan fingerprint density at radius 1 is 1.00 bits per heavy atom. The monoisotopic (exact) mass is 521 g/mol. The van der Waals surface area contributed by atoms with Crippen molar-refractivity contribution in [3.05, 3.63) is 56.2 Å². The Morgan fingerprint density at radius 3 is 2.32 bits per heavy atom. The number of carbonyl (C=O) groups is 3. The van der Waals surface area contributed by atoms with Crippen LogP contribution in [0.1, 0.15) is 48.0 Å². The lowest BCUT2D eigenvalue weighted by molar-refractivity contribution is -0.141. The molecule has 0 spiro atoms. The van der Waals surface area contributed by atoms with E-state index in [1.165, 1.54) is 11.3 Å². The van der Waals surface area contributed by atoms with Gasteiger partial charge in [-0.3, -0.25) is 14.4 Å². The second-order valence-electron chi connectivity index (χ2n) is 9.13. The Morgan fingerprint density at radius 2 is 1.71 bits per heavy atom. The lowest BCUT2D eigenvalue weighted by Gasteiger charge is -2.44. The summed E-state index contributed by atoms with van der Waals surface area (Å²) in [5, 5.41) is 4.70. The molecule has 34 heavy (non-hydrogen) atoms. The highest BCUT2D eigenvalue weighted by atomic mass is 35.5. The van der Waals surface area contributed by atoms with Crippen molar-refractivity contribution in [2.75, 3.05) is 33.2 Å². The number of carbonyl (C=O) groups excluding carboxylic acids is 3. The number of amides is 3. The van der Waals surface area contributed by atoms with Gasteiger partial charge in [0.05, 0.1) is 15.6 Å². The molecule has 2 aromatic rings. The van der Waals surface area contributed by atoms with Crippen molar-refractivity contribution in [2.45, 2.75) is 38.1 Å². The van der Waals surface area contributed by atoms with Gasteiger partial charge >= 0.3 is 0 Å².